The summed E-state index contributed by atoms with van der Waals surface area (Å²) in [4.78, 5) is 0. The van der Waals surface area contributed by atoms with Gasteiger partial charge in [-0.1, -0.05) is 37.1 Å². The first kappa shape index (κ1) is 11.2. The summed E-state index contributed by atoms with van der Waals surface area (Å²) >= 11 is 0. The number of hydrogen-bond donors (Lipinski definition) is 1. The van der Waals surface area contributed by atoms with Crippen molar-refractivity contribution in [3.63, 3.8) is 0 Å². The second kappa shape index (κ2) is 5.79. The molecule has 0 aromatic rings. The molecule has 0 bridgehead atoms. The van der Waals surface area contributed by atoms with E-state index in [4.69, 9.17) is 5.41 Å². The van der Waals surface area contributed by atoms with Gasteiger partial charge in [0.15, 0.2) is 0 Å². The molecule has 1 heteroatoms. The van der Waals surface area contributed by atoms with E-state index < -0.39 is 0 Å². The molecule has 1 aliphatic carbocycles. The summed E-state index contributed by atoms with van der Waals surface area (Å²) in [7, 11) is 0. The van der Waals surface area contributed by atoms with Gasteiger partial charge < -0.3 is 5.41 Å². The van der Waals surface area contributed by atoms with Crippen LogP contribution in [0.5, 0.6) is 0 Å². The molecule has 0 fully saturated rings. The summed E-state index contributed by atoms with van der Waals surface area (Å²) in [5.74, 6) is 0.659. The van der Waals surface area contributed by atoms with Crippen LogP contribution in [0.1, 0.15) is 46.0 Å². The summed E-state index contributed by atoms with van der Waals surface area (Å²) in [5.41, 5.74) is 2.98. The lowest BCUT2D eigenvalue weighted by atomic mass is 9.89. The van der Waals surface area contributed by atoms with Crippen molar-refractivity contribution in [3.05, 3.63) is 23.3 Å². The number of rotatable bonds is 3. The number of allylic oxidation sites excluding steroid dienone is 4. The minimum atomic E-state index is 0.659. The van der Waals surface area contributed by atoms with E-state index in [1.807, 2.05) is 0 Å². The molecule has 1 atom stereocenters. The average Bonchev–Trinajstić information content (AvgIpc) is 2.18. The Kier molecular flexibility index (Phi) is 4.64. The van der Waals surface area contributed by atoms with Crippen LogP contribution in [-0.2, 0) is 0 Å². The van der Waals surface area contributed by atoms with Crippen molar-refractivity contribution in [3.8, 4) is 0 Å². The predicted octanol–water partition coefficient (Wildman–Crippen LogP) is 4.11. The van der Waals surface area contributed by atoms with Crippen molar-refractivity contribution in [1.82, 2.24) is 0 Å². The molecule has 1 N–H and O–H groups in total. The molecule has 0 amide bonds. The minimum Gasteiger partial charge on any atom is -0.313 e. The van der Waals surface area contributed by atoms with Gasteiger partial charge in [0.2, 0.25) is 0 Å². The van der Waals surface area contributed by atoms with Crippen LogP contribution in [0, 0.1) is 11.3 Å². The van der Waals surface area contributed by atoms with Crippen molar-refractivity contribution in [1.29, 1.82) is 5.41 Å². The largest absolute Gasteiger partial charge is 0.313 e. The minimum absolute atomic E-state index is 0.659. The first-order valence-electron chi connectivity index (χ1n) is 5.65. The zero-order valence-electron chi connectivity index (χ0n) is 9.34. The van der Waals surface area contributed by atoms with Crippen LogP contribution in [0.4, 0.5) is 0 Å². The van der Waals surface area contributed by atoms with Gasteiger partial charge in [0.25, 0.3) is 0 Å². The summed E-state index contributed by atoms with van der Waals surface area (Å²) in [6.07, 6.45) is 11.9. The Bertz CT molecular complexity index is 248. The van der Waals surface area contributed by atoms with Gasteiger partial charge in [-0.25, -0.2) is 0 Å². The lowest BCUT2D eigenvalue weighted by Gasteiger charge is -2.17. The highest BCUT2D eigenvalue weighted by molar-refractivity contribution is 5.57. The molecule has 1 nitrogen and oxygen atoms in total. The van der Waals surface area contributed by atoms with E-state index in [9.17, 15) is 0 Å². The van der Waals surface area contributed by atoms with Gasteiger partial charge in [-0.05, 0) is 37.8 Å². The molecular formula is C13H21N. The molecule has 0 radical (unpaired) electrons. The standard InChI is InChI=1S/C13H21N/c1-3-12-6-4-5-11(2)13(8-7-12)9-10-14/h7-8,10-11,14H,3-6,9H2,1-2H3/b12-7?,13-8-,14-10?. The molecular weight excluding hydrogens is 170 g/mol. The Balaban J connectivity index is 2.78. The van der Waals surface area contributed by atoms with Crippen LogP contribution in [0.3, 0.4) is 0 Å². The molecule has 1 aliphatic rings. The van der Waals surface area contributed by atoms with E-state index in [-0.39, 0.29) is 0 Å². The monoisotopic (exact) mass is 191 g/mol. The molecule has 0 aliphatic heterocycles. The Morgan fingerprint density at radius 2 is 2.29 bits per heavy atom. The lowest BCUT2D eigenvalue weighted by molar-refractivity contribution is 0.565. The van der Waals surface area contributed by atoms with Crippen molar-refractivity contribution >= 4 is 6.21 Å². The van der Waals surface area contributed by atoms with Crippen LogP contribution in [0.25, 0.3) is 0 Å². The quantitative estimate of drug-likeness (QED) is 0.649. The normalized spacial score (nSPS) is 26.9. The maximum absolute atomic E-state index is 7.16. The van der Waals surface area contributed by atoms with Gasteiger partial charge >= 0.3 is 0 Å². The summed E-state index contributed by atoms with van der Waals surface area (Å²) in [5, 5.41) is 7.16. The molecule has 0 aromatic heterocycles. The fourth-order valence-corrected chi connectivity index (χ4v) is 1.97. The van der Waals surface area contributed by atoms with Crippen LogP contribution in [-0.4, -0.2) is 6.21 Å². The van der Waals surface area contributed by atoms with E-state index in [2.05, 4.69) is 26.0 Å². The molecule has 1 rings (SSSR count). The molecule has 1 unspecified atom stereocenters. The molecule has 0 aromatic carbocycles. The first-order chi connectivity index (χ1) is 6.77. The van der Waals surface area contributed by atoms with E-state index in [0.717, 1.165) is 6.42 Å². The smallest absolute Gasteiger partial charge is 0.00359 e. The van der Waals surface area contributed by atoms with Gasteiger partial charge in [0.1, 0.15) is 0 Å². The van der Waals surface area contributed by atoms with E-state index in [1.54, 1.807) is 5.57 Å². The predicted molar refractivity (Wildman–Crippen MR) is 62.9 cm³/mol. The van der Waals surface area contributed by atoms with Crippen LogP contribution >= 0.6 is 0 Å². The zero-order chi connectivity index (χ0) is 10.4. The zero-order valence-corrected chi connectivity index (χ0v) is 9.34. The number of nitrogens with one attached hydrogen (secondary N) is 1. The van der Waals surface area contributed by atoms with E-state index in [1.165, 1.54) is 37.5 Å². The topological polar surface area (TPSA) is 23.9 Å². The van der Waals surface area contributed by atoms with Gasteiger partial charge in [0, 0.05) is 6.42 Å². The van der Waals surface area contributed by atoms with Crippen LogP contribution < -0.4 is 0 Å². The van der Waals surface area contributed by atoms with Crippen molar-refractivity contribution < 1.29 is 0 Å². The highest BCUT2D eigenvalue weighted by Gasteiger charge is 2.09. The molecule has 14 heavy (non-hydrogen) atoms. The van der Waals surface area contributed by atoms with E-state index >= 15 is 0 Å². The van der Waals surface area contributed by atoms with Crippen molar-refractivity contribution in [2.45, 2.75) is 46.0 Å². The summed E-state index contributed by atoms with van der Waals surface area (Å²) < 4.78 is 0. The Labute approximate surface area is 87.4 Å². The third kappa shape index (κ3) is 3.13. The fraction of sp³-hybridized carbons (Fsp3) is 0.615. The van der Waals surface area contributed by atoms with Crippen LogP contribution in [0.15, 0.2) is 23.3 Å². The fourth-order valence-electron chi connectivity index (χ4n) is 1.97. The first-order valence-corrected chi connectivity index (χ1v) is 5.65. The average molecular weight is 191 g/mol. The Morgan fingerprint density at radius 1 is 1.50 bits per heavy atom. The molecule has 0 saturated heterocycles. The third-order valence-electron chi connectivity index (χ3n) is 3.09. The Hall–Kier alpha value is -0.850. The Morgan fingerprint density at radius 3 is 2.93 bits per heavy atom. The maximum atomic E-state index is 7.16. The van der Waals surface area contributed by atoms with Gasteiger partial charge in [-0.15, -0.1) is 0 Å². The maximum Gasteiger partial charge on any atom is 0.00359 e. The molecule has 0 spiro atoms. The van der Waals surface area contributed by atoms with Gasteiger partial charge in [-0.2, -0.15) is 0 Å². The second-order valence-electron chi connectivity index (χ2n) is 4.12. The van der Waals surface area contributed by atoms with Crippen molar-refractivity contribution in [2.24, 2.45) is 5.92 Å². The summed E-state index contributed by atoms with van der Waals surface area (Å²) in [6.45, 7) is 4.50. The number of hydrogen-bond acceptors (Lipinski definition) is 1. The molecule has 78 valence electrons. The molecule has 0 heterocycles. The van der Waals surface area contributed by atoms with E-state index in [0.29, 0.717) is 5.92 Å². The summed E-state index contributed by atoms with van der Waals surface area (Å²) in [6, 6.07) is 0. The highest BCUT2D eigenvalue weighted by atomic mass is 14.3. The molecule has 0 saturated carbocycles. The van der Waals surface area contributed by atoms with Crippen molar-refractivity contribution in [2.75, 3.05) is 0 Å². The second-order valence-corrected chi connectivity index (χ2v) is 4.12. The lowest BCUT2D eigenvalue weighted by Crippen LogP contribution is -2.02. The third-order valence-corrected chi connectivity index (χ3v) is 3.09. The van der Waals surface area contributed by atoms with Gasteiger partial charge in [-0.3, -0.25) is 0 Å². The van der Waals surface area contributed by atoms with Gasteiger partial charge in [0.05, 0.1) is 0 Å². The SMILES string of the molecule is CCC1=C/C=C(/CC=N)C(C)CCC1. The van der Waals surface area contributed by atoms with Crippen LogP contribution in [0.2, 0.25) is 0 Å². The highest BCUT2D eigenvalue weighted by Crippen LogP contribution is 2.25.